The fourth-order valence-corrected chi connectivity index (χ4v) is 1.70. The van der Waals surface area contributed by atoms with E-state index in [9.17, 15) is 14.9 Å². The molecule has 1 aromatic carbocycles. The predicted molar refractivity (Wildman–Crippen MR) is 62.5 cm³/mol. The molecule has 0 saturated carbocycles. The summed E-state index contributed by atoms with van der Waals surface area (Å²) in [7, 11) is 0. The summed E-state index contributed by atoms with van der Waals surface area (Å²) in [5.41, 5.74) is 1.57. The molecule has 0 bridgehead atoms. The van der Waals surface area contributed by atoms with E-state index in [1.54, 1.807) is 19.1 Å². The van der Waals surface area contributed by atoms with Crippen LogP contribution >= 0.6 is 0 Å². The number of H-pyrrole nitrogens is 1. The second-order valence-corrected chi connectivity index (χ2v) is 3.85. The standard InChI is InChI=1S/C11H11N3O3/c1-7-3-4-9(14(16)17)10(5-7)13-8(2)6-11(15)12-13/h3-6H,1-2H3,(H,12,15). The SMILES string of the molecule is Cc1ccc([N+](=O)[O-])c(-n2[nH]c(=O)cc2C)c1. The molecule has 0 radical (unpaired) electrons. The lowest BCUT2D eigenvalue weighted by Crippen LogP contribution is -2.07. The number of rotatable bonds is 2. The van der Waals surface area contributed by atoms with Crippen molar-refractivity contribution in [3.8, 4) is 5.69 Å². The number of aromatic amines is 1. The first-order chi connectivity index (χ1) is 7.99. The smallest absolute Gasteiger partial charge is 0.268 e. The molecular weight excluding hydrogens is 222 g/mol. The van der Waals surface area contributed by atoms with Crippen LogP contribution in [-0.4, -0.2) is 14.7 Å². The van der Waals surface area contributed by atoms with Gasteiger partial charge in [0.25, 0.3) is 11.2 Å². The molecule has 2 rings (SSSR count). The summed E-state index contributed by atoms with van der Waals surface area (Å²) in [5.74, 6) is 0. The van der Waals surface area contributed by atoms with Crippen molar-refractivity contribution in [2.24, 2.45) is 0 Å². The maximum absolute atomic E-state index is 11.2. The van der Waals surface area contributed by atoms with E-state index in [1.165, 1.54) is 16.8 Å². The Morgan fingerprint density at radius 1 is 1.29 bits per heavy atom. The first-order valence-electron chi connectivity index (χ1n) is 5.03. The average Bonchev–Trinajstić information content (AvgIpc) is 2.57. The molecule has 0 fully saturated rings. The molecule has 0 spiro atoms. The minimum Gasteiger partial charge on any atom is -0.268 e. The third-order valence-electron chi connectivity index (χ3n) is 2.48. The molecule has 0 amide bonds. The lowest BCUT2D eigenvalue weighted by atomic mass is 10.2. The quantitative estimate of drug-likeness (QED) is 0.633. The lowest BCUT2D eigenvalue weighted by molar-refractivity contribution is -0.384. The molecule has 2 aromatic rings. The van der Waals surface area contributed by atoms with Crippen LogP contribution in [0.1, 0.15) is 11.3 Å². The zero-order valence-corrected chi connectivity index (χ0v) is 9.43. The van der Waals surface area contributed by atoms with E-state index < -0.39 is 4.92 Å². The highest BCUT2D eigenvalue weighted by atomic mass is 16.6. The molecule has 0 unspecified atom stereocenters. The Morgan fingerprint density at radius 2 is 2.00 bits per heavy atom. The number of aryl methyl sites for hydroxylation is 2. The molecule has 0 aliphatic carbocycles. The molecular formula is C11H11N3O3. The summed E-state index contributed by atoms with van der Waals surface area (Å²) in [6.07, 6.45) is 0. The van der Waals surface area contributed by atoms with Crippen LogP contribution < -0.4 is 5.56 Å². The molecule has 0 atom stereocenters. The van der Waals surface area contributed by atoms with E-state index in [4.69, 9.17) is 0 Å². The van der Waals surface area contributed by atoms with Gasteiger partial charge in [0.15, 0.2) is 0 Å². The minimum absolute atomic E-state index is 0.0365. The van der Waals surface area contributed by atoms with E-state index >= 15 is 0 Å². The van der Waals surface area contributed by atoms with Gasteiger partial charge in [-0.2, -0.15) is 0 Å². The van der Waals surface area contributed by atoms with Gasteiger partial charge in [-0.1, -0.05) is 6.07 Å². The summed E-state index contributed by atoms with van der Waals surface area (Å²) in [4.78, 5) is 21.7. The number of benzene rings is 1. The third-order valence-corrected chi connectivity index (χ3v) is 2.48. The Balaban J connectivity index is 2.73. The average molecular weight is 233 g/mol. The van der Waals surface area contributed by atoms with Crippen LogP contribution in [0.4, 0.5) is 5.69 Å². The monoisotopic (exact) mass is 233 g/mol. The summed E-state index contributed by atoms with van der Waals surface area (Å²) in [6, 6.07) is 6.16. The summed E-state index contributed by atoms with van der Waals surface area (Å²) in [6.45, 7) is 3.55. The van der Waals surface area contributed by atoms with Gasteiger partial charge in [0.05, 0.1) is 4.92 Å². The van der Waals surface area contributed by atoms with Crippen molar-refractivity contribution in [3.05, 3.63) is 56.0 Å². The van der Waals surface area contributed by atoms with Crippen molar-refractivity contribution in [2.75, 3.05) is 0 Å². The number of aromatic nitrogens is 2. The van der Waals surface area contributed by atoms with Crippen LogP contribution in [0.3, 0.4) is 0 Å². The van der Waals surface area contributed by atoms with Crippen LogP contribution in [-0.2, 0) is 0 Å². The normalized spacial score (nSPS) is 10.5. The topological polar surface area (TPSA) is 80.9 Å². The van der Waals surface area contributed by atoms with Crippen molar-refractivity contribution in [3.63, 3.8) is 0 Å². The number of hydrogen-bond acceptors (Lipinski definition) is 3. The fourth-order valence-electron chi connectivity index (χ4n) is 1.70. The number of nitrogens with one attached hydrogen (secondary N) is 1. The van der Waals surface area contributed by atoms with Gasteiger partial charge in [-0.15, -0.1) is 0 Å². The Kier molecular flexibility index (Phi) is 2.55. The van der Waals surface area contributed by atoms with Gasteiger partial charge in [-0.05, 0) is 25.5 Å². The zero-order valence-electron chi connectivity index (χ0n) is 9.43. The summed E-state index contributed by atoms with van der Waals surface area (Å²) < 4.78 is 1.42. The van der Waals surface area contributed by atoms with Gasteiger partial charge in [-0.3, -0.25) is 24.7 Å². The molecule has 0 aliphatic heterocycles. The minimum atomic E-state index is -0.466. The van der Waals surface area contributed by atoms with E-state index in [2.05, 4.69) is 5.10 Å². The maximum Gasteiger partial charge on any atom is 0.294 e. The largest absolute Gasteiger partial charge is 0.294 e. The van der Waals surface area contributed by atoms with Gasteiger partial charge >= 0.3 is 0 Å². The van der Waals surface area contributed by atoms with Gasteiger partial charge < -0.3 is 0 Å². The molecule has 1 heterocycles. The van der Waals surface area contributed by atoms with Crippen LogP contribution in [0, 0.1) is 24.0 Å². The van der Waals surface area contributed by atoms with Crippen molar-refractivity contribution in [2.45, 2.75) is 13.8 Å². The van der Waals surface area contributed by atoms with Crippen molar-refractivity contribution in [1.82, 2.24) is 9.78 Å². The van der Waals surface area contributed by atoms with Crippen LogP contribution in [0.2, 0.25) is 0 Å². The van der Waals surface area contributed by atoms with Crippen LogP contribution in [0.5, 0.6) is 0 Å². The highest BCUT2D eigenvalue weighted by Crippen LogP contribution is 2.23. The molecule has 0 saturated heterocycles. The Labute approximate surface area is 96.6 Å². The number of hydrogen-bond donors (Lipinski definition) is 1. The van der Waals surface area contributed by atoms with Crippen molar-refractivity contribution in [1.29, 1.82) is 0 Å². The highest BCUT2D eigenvalue weighted by molar-refractivity contribution is 5.54. The molecule has 88 valence electrons. The molecule has 6 heteroatoms. The molecule has 17 heavy (non-hydrogen) atoms. The summed E-state index contributed by atoms with van der Waals surface area (Å²) in [5, 5.41) is 13.5. The predicted octanol–water partition coefficient (Wildman–Crippen LogP) is 1.69. The maximum atomic E-state index is 11.2. The first-order valence-corrected chi connectivity index (χ1v) is 5.03. The number of nitro groups is 1. The molecule has 0 aliphatic rings. The van der Waals surface area contributed by atoms with Crippen molar-refractivity contribution < 1.29 is 4.92 Å². The second kappa shape index (κ2) is 3.89. The van der Waals surface area contributed by atoms with Crippen LogP contribution in [0.15, 0.2) is 29.1 Å². The zero-order chi connectivity index (χ0) is 12.6. The fraction of sp³-hybridized carbons (Fsp3) is 0.182. The third kappa shape index (κ3) is 1.96. The first kappa shape index (κ1) is 11.1. The van der Waals surface area contributed by atoms with Gasteiger partial charge in [0.2, 0.25) is 0 Å². The highest BCUT2D eigenvalue weighted by Gasteiger charge is 2.16. The van der Waals surface area contributed by atoms with E-state index in [0.717, 1.165) is 5.56 Å². The molecule has 1 aromatic heterocycles. The van der Waals surface area contributed by atoms with Crippen LogP contribution in [0.25, 0.3) is 5.69 Å². The Hall–Kier alpha value is -2.37. The van der Waals surface area contributed by atoms with E-state index in [1.807, 2.05) is 6.92 Å². The Morgan fingerprint density at radius 3 is 2.53 bits per heavy atom. The lowest BCUT2D eigenvalue weighted by Gasteiger charge is -2.07. The Bertz CT molecular complexity index is 640. The number of nitro benzene ring substituents is 1. The van der Waals surface area contributed by atoms with Gasteiger partial charge in [-0.25, -0.2) is 0 Å². The van der Waals surface area contributed by atoms with E-state index in [0.29, 0.717) is 11.4 Å². The van der Waals surface area contributed by atoms with Crippen molar-refractivity contribution >= 4 is 5.69 Å². The van der Waals surface area contributed by atoms with Gasteiger partial charge in [0.1, 0.15) is 5.69 Å². The molecule has 6 nitrogen and oxygen atoms in total. The molecule has 1 N–H and O–H groups in total. The van der Waals surface area contributed by atoms with E-state index in [-0.39, 0.29) is 11.2 Å². The van der Waals surface area contributed by atoms with Gasteiger partial charge in [0, 0.05) is 17.8 Å². The summed E-state index contributed by atoms with van der Waals surface area (Å²) >= 11 is 0. The number of nitrogens with zero attached hydrogens (tertiary/aromatic N) is 2. The second-order valence-electron chi connectivity index (χ2n) is 3.85.